The van der Waals surface area contributed by atoms with E-state index in [4.69, 9.17) is 18.9 Å². The number of hydrogen-bond acceptors (Lipinski definition) is 5. The van der Waals surface area contributed by atoms with Gasteiger partial charge >= 0.3 is 0 Å². The molecule has 1 heterocycles. The number of pyridine rings is 1. The van der Waals surface area contributed by atoms with Crippen molar-refractivity contribution in [3.05, 3.63) is 34.4 Å². The van der Waals surface area contributed by atoms with Gasteiger partial charge < -0.3 is 18.9 Å². The second kappa shape index (κ2) is 6.67. The van der Waals surface area contributed by atoms with Crippen LogP contribution >= 0.6 is 15.9 Å². The Morgan fingerprint density at radius 2 is 1.57 bits per heavy atom. The number of ether oxygens (including phenoxy) is 4. The summed E-state index contributed by atoms with van der Waals surface area (Å²) in [6.45, 7) is 1.97. The average molecular weight is 354 g/mol. The van der Waals surface area contributed by atoms with Crippen LogP contribution in [0.3, 0.4) is 0 Å². The smallest absolute Gasteiger partial charge is 0.219 e. The van der Waals surface area contributed by atoms with Gasteiger partial charge in [-0.15, -0.1) is 0 Å². The summed E-state index contributed by atoms with van der Waals surface area (Å²) in [5.41, 5.74) is 1.03. The maximum absolute atomic E-state index is 5.75. The molecule has 1 aromatic carbocycles. The van der Waals surface area contributed by atoms with Crippen LogP contribution in [0.5, 0.6) is 28.9 Å². The fourth-order valence-electron chi connectivity index (χ4n) is 1.81. The molecule has 0 aliphatic heterocycles. The van der Waals surface area contributed by atoms with Gasteiger partial charge in [-0.2, -0.15) is 0 Å². The minimum Gasteiger partial charge on any atom is -0.493 e. The highest BCUT2D eigenvalue weighted by molar-refractivity contribution is 9.10. The van der Waals surface area contributed by atoms with Crippen LogP contribution < -0.4 is 18.9 Å². The summed E-state index contributed by atoms with van der Waals surface area (Å²) in [4.78, 5) is 4.21. The Hall–Kier alpha value is -1.95. The molecule has 0 atom stereocenters. The molecule has 5 nitrogen and oxygen atoms in total. The monoisotopic (exact) mass is 353 g/mol. The summed E-state index contributed by atoms with van der Waals surface area (Å²) in [7, 11) is 4.67. The van der Waals surface area contributed by atoms with Gasteiger partial charge in [0.15, 0.2) is 11.5 Å². The molecule has 1 aromatic heterocycles. The van der Waals surface area contributed by atoms with E-state index < -0.39 is 0 Å². The van der Waals surface area contributed by atoms with Crippen molar-refractivity contribution >= 4 is 15.9 Å². The summed E-state index contributed by atoms with van der Waals surface area (Å²) in [5, 5.41) is 0. The van der Waals surface area contributed by atoms with Crippen LogP contribution in [0.1, 0.15) is 5.56 Å². The zero-order chi connectivity index (χ0) is 15.4. The molecule has 0 saturated carbocycles. The van der Waals surface area contributed by atoms with Crippen LogP contribution in [0.15, 0.2) is 28.9 Å². The molecular formula is C15H16BrNO4. The maximum atomic E-state index is 5.75. The van der Waals surface area contributed by atoms with E-state index in [1.54, 1.807) is 39.7 Å². The number of methoxy groups -OCH3 is 3. The predicted molar refractivity (Wildman–Crippen MR) is 82.8 cm³/mol. The van der Waals surface area contributed by atoms with Crippen LogP contribution in [0, 0.1) is 6.92 Å². The highest BCUT2D eigenvalue weighted by atomic mass is 79.9. The first kappa shape index (κ1) is 15.4. The Balaban J connectivity index is 2.37. The topological polar surface area (TPSA) is 49.8 Å². The van der Waals surface area contributed by atoms with E-state index in [1.807, 2.05) is 13.0 Å². The third kappa shape index (κ3) is 3.39. The summed E-state index contributed by atoms with van der Waals surface area (Å²) >= 11 is 3.40. The number of aryl methyl sites for hydroxylation is 1. The SMILES string of the molecule is COc1cc(Oc2cc(C)c(Br)cn2)cc(OC)c1OC. The first-order chi connectivity index (χ1) is 10.1. The lowest BCUT2D eigenvalue weighted by atomic mass is 10.2. The molecule has 2 rings (SSSR count). The van der Waals surface area contributed by atoms with E-state index in [9.17, 15) is 0 Å². The van der Waals surface area contributed by atoms with Crippen LogP contribution in [0.4, 0.5) is 0 Å². The van der Waals surface area contributed by atoms with Gasteiger partial charge in [-0.3, -0.25) is 0 Å². The van der Waals surface area contributed by atoms with E-state index in [0.717, 1.165) is 10.0 Å². The number of halogens is 1. The molecule has 0 spiro atoms. The molecule has 6 heteroatoms. The van der Waals surface area contributed by atoms with Crippen molar-refractivity contribution < 1.29 is 18.9 Å². The molecule has 0 aliphatic rings. The Bertz CT molecular complexity index is 621. The Labute approximate surface area is 131 Å². The fourth-order valence-corrected chi connectivity index (χ4v) is 2.02. The lowest BCUT2D eigenvalue weighted by Crippen LogP contribution is -1.96. The zero-order valence-corrected chi connectivity index (χ0v) is 13.9. The molecule has 0 N–H and O–H groups in total. The minimum atomic E-state index is 0.491. The van der Waals surface area contributed by atoms with Crippen LogP contribution in [-0.2, 0) is 0 Å². The third-order valence-electron chi connectivity index (χ3n) is 2.88. The molecule has 112 valence electrons. The standard InChI is InChI=1S/C15H16BrNO4/c1-9-5-14(17-8-11(9)16)21-10-6-12(18-2)15(20-4)13(7-10)19-3/h5-8H,1-4H3. The normalized spacial score (nSPS) is 10.1. The van der Waals surface area contributed by atoms with Gasteiger partial charge in [0, 0.05) is 28.9 Å². The summed E-state index contributed by atoms with van der Waals surface area (Å²) in [6.07, 6.45) is 1.70. The van der Waals surface area contributed by atoms with Crippen molar-refractivity contribution in [2.75, 3.05) is 21.3 Å². The first-order valence-corrected chi connectivity index (χ1v) is 6.98. The quantitative estimate of drug-likeness (QED) is 0.813. The molecular weight excluding hydrogens is 338 g/mol. The largest absolute Gasteiger partial charge is 0.493 e. The van der Waals surface area contributed by atoms with Crippen molar-refractivity contribution in [3.63, 3.8) is 0 Å². The molecule has 0 radical (unpaired) electrons. The van der Waals surface area contributed by atoms with Crippen molar-refractivity contribution in [1.29, 1.82) is 0 Å². The molecule has 21 heavy (non-hydrogen) atoms. The fraction of sp³-hybridized carbons (Fsp3) is 0.267. The van der Waals surface area contributed by atoms with Gasteiger partial charge in [-0.1, -0.05) is 0 Å². The Morgan fingerprint density at radius 3 is 2.05 bits per heavy atom. The molecule has 0 unspecified atom stereocenters. The van der Waals surface area contributed by atoms with E-state index >= 15 is 0 Å². The lowest BCUT2D eigenvalue weighted by Gasteiger charge is -2.14. The molecule has 0 fully saturated rings. The number of rotatable bonds is 5. The van der Waals surface area contributed by atoms with Gasteiger partial charge in [0.2, 0.25) is 11.6 Å². The van der Waals surface area contributed by atoms with Gasteiger partial charge in [0.05, 0.1) is 21.3 Å². The maximum Gasteiger partial charge on any atom is 0.219 e. The number of benzene rings is 1. The van der Waals surface area contributed by atoms with Crippen molar-refractivity contribution in [2.24, 2.45) is 0 Å². The summed E-state index contributed by atoms with van der Waals surface area (Å²) in [6, 6.07) is 5.29. The molecule has 0 bridgehead atoms. The second-order valence-electron chi connectivity index (χ2n) is 4.23. The highest BCUT2D eigenvalue weighted by Crippen LogP contribution is 2.41. The van der Waals surface area contributed by atoms with Gasteiger partial charge in [0.25, 0.3) is 0 Å². The van der Waals surface area contributed by atoms with Crippen LogP contribution in [-0.4, -0.2) is 26.3 Å². The van der Waals surface area contributed by atoms with E-state index in [-0.39, 0.29) is 0 Å². The number of nitrogens with zero attached hydrogens (tertiary/aromatic N) is 1. The van der Waals surface area contributed by atoms with Crippen LogP contribution in [0.2, 0.25) is 0 Å². The lowest BCUT2D eigenvalue weighted by molar-refractivity contribution is 0.320. The first-order valence-electron chi connectivity index (χ1n) is 6.19. The zero-order valence-electron chi connectivity index (χ0n) is 12.3. The average Bonchev–Trinajstić information content (AvgIpc) is 2.49. The van der Waals surface area contributed by atoms with Gasteiger partial charge in [-0.25, -0.2) is 4.98 Å². The Kier molecular flexibility index (Phi) is 4.90. The molecule has 0 saturated heterocycles. The van der Waals surface area contributed by atoms with Gasteiger partial charge in [0.1, 0.15) is 5.75 Å². The third-order valence-corrected chi connectivity index (χ3v) is 3.71. The van der Waals surface area contributed by atoms with E-state index in [0.29, 0.717) is 28.9 Å². The van der Waals surface area contributed by atoms with E-state index in [2.05, 4.69) is 20.9 Å². The second-order valence-corrected chi connectivity index (χ2v) is 5.09. The molecule has 0 aliphatic carbocycles. The molecule has 0 amide bonds. The summed E-state index contributed by atoms with van der Waals surface area (Å²) < 4.78 is 22.5. The number of aromatic nitrogens is 1. The van der Waals surface area contributed by atoms with Gasteiger partial charge in [-0.05, 0) is 28.4 Å². The Morgan fingerprint density at radius 1 is 0.952 bits per heavy atom. The minimum absolute atomic E-state index is 0.491. The number of hydrogen-bond donors (Lipinski definition) is 0. The van der Waals surface area contributed by atoms with Crippen molar-refractivity contribution in [2.45, 2.75) is 6.92 Å². The van der Waals surface area contributed by atoms with Crippen molar-refractivity contribution in [1.82, 2.24) is 4.98 Å². The van der Waals surface area contributed by atoms with E-state index in [1.165, 1.54) is 0 Å². The van der Waals surface area contributed by atoms with Crippen molar-refractivity contribution in [3.8, 4) is 28.9 Å². The molecule has 2 aromatic rings. The highest BCUT2D eigenvalue weighted by Gasteiger charge is 2.14. The predicted octanol–water partition coefficient (Wildman–Crippen LogP) is 3.97. The van der Waals surface area contributed by atoms with Crippen LogP contribution in [0.25, 0.3) is 0 Å². The summed E-state index contributed by atoms with van der Waals surface area (Å²) in [5.74, 6) is 2.62.